The van der Waals surface area contributed by atoms with Gasteiger partial charge in [0.15, 0.2) is 0 Å². The number of ether oxygens (including phenoxy) is 1. The molecule has 0 bridgehead atoms. The summed E-state index contributed by atoms with van der Waals surface area (Å²) < 4.78 is 4.87. The van der Waals surface area contributed by atoms with Crippen molar-refractivity contribution in [3.8, 4) is 0 Å². The molecular weight excluding hydrogens is 192 g/mol. The molecular formula is C12H16O3. The van der Waals surface area contributed by atoms with Crippen molar-refractivity contribution in [2.24, 2.45) is 5.92 Å². The number of carbonyl (C=O) groups excluding carboxylic acids is 1. The first kappa shape index (κ1) is 11.7. The van der Waals surface area contributed by atoms with Gasteiger partial charge in [0.2, 0.25) is 0 Å². The van der Waals surface area contributed by atoms with E-state index < -0.39 is 0 Å². The summed E-state index contributed by atoms with van der Waals surface area (Å²) in [4.78, 5) is 10.6. The van der Waals surface area contributed by atoms with E-state index in [1.165, 1.54) is 6.92 Å². The van der Waals surface area contributed by atoms with Crippen molar-refractivity contribution in [1.82, 2.24) is 0 Å². The summed E-state index contributed by atoms with van der Waals surface area (Å²) in [6.45, 7) is 1.68. The number of rotatable bonds is 5. The Balaban J connectivity index is 2.43. The first-order valence-corrected chi connectivity index (χ1v) is 5.00. The van der Waals surface area contributed by atoms with Crippen molar-refractivity contribution in [2.75, 3.05) is 13.2 Å². The summed E-state index contributed by atoms with van der Waals surface area (Å²) in [6, 6.07) is 9.85. The Kier molecular flexibility index (Phi) is 4.84. The van der Waals surface area contributed by atoms with Crippen LogP contribution in [0.15, 0.2) is 30.3 Å². The zero-order chi connectivity index (χ0) is 11.1. The molecule has 3 nitrogen and oxygen atoms in total. The molecule has 0 heterocycles. The molecule has 0 aliphatic carbocycles. The van der Waals surface area contributed by atoms with Crippen molar-refractivity contribution in [3.63, 3.8) is 0 Å². The molecule has 1 rings (SSSR count). The Hall–Kier alpha value is -1.35. The summed E-state index contributed by atoms with van der Waals surface area (Å²) in [5, 5.41) is 9.11. The van der Waals surface area contributed by atoms with E-state index in [2.05, 4.69) is 0 Å². The van der Waals surface area contributed by atoms with Gasteiger partial charge in [-0.05, 0) is 12.0 Å². The van der Waals surface area contributed by atoms with Gasteiger partial charge in [-0.3, -0.25) is 4.79 Å². The second kappa shape index (κ2) is 6.19. The number of hydrogen-bond donors (Lipinski definition) is 1. The van der Waals surface area contributed by atoms with E-state index in [1.54, 1.807) is 0 Å². The number of aliphatic hydroxyl groups is 1. The molecule has 82 valence electrons. The van der Waals surface area contributed by atoms with Crippen LogP contribution < -0.4 is 0 Å². The van der Waals surface area contributed by atoms with E-state index in [0.29, 0.717) is 0 Å². The monoisotopic (exact) mass is 208 g/mol. The minimum Gasteiger partial charge on any atom is -0.465 e. The van der Waals surface area contributed by atoms with Crippen molar-refractivity contribution in [2.45, 2.75) is 13.3 Å². The van der Waals surface area contributed by atoms with E-state index in [-0.39, 0.29) is 25.1 Å². The number of esters is 1. The second-order valence-electron chi connectivity index (χ2n) is 3.54. The highest BCUT2D eigenvalue weighted by Gasteiger charge is 2.09. The third kappa shape index (κ3) is 4.61. The molecule has 1 N–H and O–H groups in total. The van der Waals surface area contributed by atoms with Gasteiger partial charge in [0.1, 0.15) is 0 Å². The lowest BCUT2D eigenvalue weighted by Crippen LogP contribution is -2.18. The molecule has 0 aromatic heterocycles. The maximum atomic E-state index is 10.6. The Morgan fingerprint density at radius 1 is 1.40 bits per heavy atom. The van der Waals surface area contributed by atoms with Gasteiger partial charge in [0, 0.05) is 19.4 Å². The minimum atomic E-state index is -0.304. The van der Waals surface area contributed by atoms with Gasteiger partial charge in [0.25, 0.3) is 0 Å². The van der Waals surface area contributed by atoms with E-state index in [4.69, 9.17) is 9.84 Å². The van der Waals surface area contributed by atoms with Crippen LogP contribution in [-0.2, 0) is 16.0 Å². The van der Waals surface area contributed by atoms with Gasteiger partial charge < -0.3 is 9.84 Å². The van der Waals surface area contributed by atoms with Crippen LogP contribution >= 0.6 is 0 Å². The first-order valence-electron chi connectivity index (χ1n) is 5.00. The average Bonchev–Trinajstić information content (AvgIpc) is 2.25. The van der Waals surface area contributed by atoms with E-state index in [0.717, 1.165) is 12.0 Å². The molecule has 1 aromatic carbocycles. The van der Waals surface area contributed by atoms with Crippen molar-refractivity contribution < 1.29 is 14.6 Å². The van der Waals surface area contributed by atoms with Crippen LogP contribution in [0.2, 0.25) is 0 Å². The molecule has 0 amide bonds. The highest BCUT2D eigenvalue weighted by atomic mass is 16.5. The molecule has 0 radical (unpaired) electrons. The van der Waals surface area contributed by atoms with Crippen LogP contribution in [0.3, 0.4) is 0 Å². The zero-order valence-electron chi connectivity index (χ0n) is 8.85. The molecule has 15 heavy (non-hydrogen) atoms. The van der Waals surface area contributed by atoms with E-state index in [9.17, 15) is 4.79 Å². The normalized spacial score (nSPS) is 12.1. The lowest BCUT2D eigenvalue weighted by Gasteiger charge is -2.13. The van der Waals surface area contributed by atoms with Gasteiger partial charge in [-0.15, -0.1) is 0 Å². The van der Waals surface area contributed by atoms with E-state index in [1.807, 2.05) is 30.3 Å². The van der Waals surface area contributed by atoms with Crippen LogP contribution in [0.25, 0.3) is 0 Å². The van der Waals surface area contributed by atoms with Crippen LogP contribution in [0.1, 0.15) is 12.5 Å². The predicted octanol–water partition coefficient (Wildman–Crippen LogP) is 1.40. The lowest BCUT2D eigenvalue weighted by molar-refractivity contribution is -0.142. The fourth-order valence-electron chi connectivity index (χ4n) is 1.36. The molecule has 3 heteroatoms. The van der Waals surface area contributed by atoms with Gasteiger partial charge in [0.05, 0.1) is 6.61 Å². The molecule has 1 aromatic rings. The number of aliphatic hydroxyl groups excluding tert-OH is 1. The first-order chi connectivity index (χ1) is 7.22. The quantitative estimate of drug-likeness (QED) is 0.744. The fraction of sp³-hybridized carbons (Fsp3) is 0.417. The highest BCUT2D eigenvalue weighted by molar-refractivity contribution is 5.65. The van der Waals surface area contributed by atoms with Gasteiger partial charge >= 0.3 is 5.97 Å². The molecule has 0 saturated carbocycles. The molecule has 0 aliphatic rings. The van der Waals surface area contributed by atoms with Crippen LogP contribution in [0, 0.1) is 5.92 Å². The van der Waals surface area contributed by atoms with Crippen LogP contribution in [-0.4, -0.2) is 24.3 Å². The number of carbonyl (C=O) groups is 1. The smallest absolute Gasteiger partial charge is 0.302 e. The highest BCUT2D eigenvalue weighted by Crippen LogP contribution is 2.08. The summed E-state index contributed by atoms with van der Waals surface area (Å²) in [6.07, 6.45) is 0.727. The van der Waals surface area contributed by atoms with Crippen LogP contribution in [0.5, 0.6) is 0 Å². The van der Waals surface area contributed by atoms with Gasteiger partial charge in [-0.1, -0.05) is 30.3 Å². The van der Waals surface area contributed by atoms with E-state index >= 15 is 0 Å². The zero-order valence-corrected chi connectivity index (χ0v) is 8.85. The van der Waals surface area contributed by atoms with Gasteiger partial charge in [-0.2, -0.15) is 0 Å². The largest absolute Gasteiger partial charge is 0.465 e. The Labute approximate surface area is 89.7 Å². The molecule has 0 fully saturated rings. The molecule has 0 aliphatic heterocycles. The predicted molar refractivity (Wildman–Crippen MR) is 57.4 cm³/mol. The number of benzene rings is 1. The lowest BCUT2D eigenvalue weighted by atomic mass is 10.0. The summed E-state index contributed by atoms with van der Waals surface area (Å²) >= 11 is 0. The summed E-state index contributed by atoms with van der Waals surface area (Å²) in [5.74, 6) is -0.321. The van der Waals surface area contributed by atoms with Crippen molar-refractivity contribution in [1.29, 1.82) is 0 Å². The SMILES string of the molecule is CC(=O)OCC(CO)Cc1ccccc1. The third-order valence-corrected chi connectivity index (χ3v) is 2.15. The number of hydrogen-bond acceptors (Lipinski definition) is 3. The topological polar surface area (TPSA) is 46.5 Å². The summed E-state index contributed by atoms with van der Waals surface area (Å²) in [5.41, 5.74) is 1.14. The molecule has 1 unspecified atom stereocenters. The van der Waals surface area contributed by atoms with Crippen molar-refractivity contribution >= 4 is 5.97 Å². The maximum absolute atomic E-state index is 10.6. The molecule has 1 atom stereocenters. The minimum absolute atomic E-state index is 0.0173. The molecule has 0 saturated heterocycles. The Morgan fingerprint density at radius 2 is 2.07 bits per heavy atom. The Morgan fingerprint density at radius 3 is 2.60 bits per heavy atom. The third-order valence-electron chi connectivity index (χ3n) is 2.15. The fourth-order valence-corrected chi connectivity index (χ4v) is 1.36. The average molecular weight is 208 g/mol. The second-order valence-corrected chi connectivity index (χ2v) is 3.54. The standard InChI is InChI=1S/C12H16O3/c1-10(14)15-9-12(8-13)7-11-5-3-2-4-6-11/h2-6,12-13H,7-9H2,1H3. The van der Waals surface area contributed by atoms with Crippen LogP contribution in [0.4, 0.5) is 0 Å². The Bertz CT molecular complexity index is 295. The van der Waals surface area contributed by atoms with Gasteiger partial charge in [-0.25, -0.2) is 0 Å². The maximum Gasteiger partial charge on any atom is 0.302 e. The molecule has 0 spiro atoms. The summed E-state index contributed by atoms with van der Waals surface area (Å²) in [7, 11) is 0. The van der Waals surface area contributed by atoms with Crippen molar-refractivity contribution in [3.05, 3.63) is 35.9 Å².